The van der Waals surface area contributed by atoms with Crippen LogP contribution in [0.4, 0.5) is 0 Å². The summed E-state index contributed by atoms with van der Waals surface area (Å²) in [6, 6.07) is 0. The van der Waals surface area contributed by atoms with E-state index in [0.717, 1.165) is 5.57 Å². The summed E-state index contributed by atoms with van der Waals surface area (Å²) >= 11 is 0. The first-order valence-electron chi connectivity index (χ1n) is 24.6. The third-order valence-electron chi connectivity index (χ3n) is 19.6. The van der Waals surface area contributed by atoms with Crippen LogP contribution in [0.2, 0.25) is 0 Å². The van der Waals surface area contributed by atoms with Crippen LogP contribution in [0.15, 0.2) is 11.6 Å². The number of esters is 1. The number of carbonyl (C=O) groups is 1. The van der Waals surface area contributed by atoms with Crippen LogP contribution in [-0.2, 0) is 33.2 Å². The van der Waals surface area contributed by atoms with Gasteiger partial charge >= 0.3 is 5.97 Å². The zero-order chi connectivity index (χ0) is 50.0. The van der Waals surface area contributed by atoms with E-state index in [9.17, 15) is 66.4 Å². The molecule has 5 aliphatic carbocycles. The highest BCUT2D eigenvalue weighted by atomic mass is 16.8. The molecule has 3 saturated heterocycles. The normalized spacial score (nSPS) is 57.1. The van der Waals surface area contributed by atoms with Crippen molar-refractivity contribution < 1.29 is 99.6 Å². The van der Waals surface area contributed by atoms with Gasteiger partial charge in [0.2, 0.25) is 6.29 Å². The Kier molecular flexibility index (Phi) is 14.6. The molecule has 0 aromatic carbocycles. The molecule has 4 saturated carbocycles. The lowest BCUT2D eigenvalue weighted by atomic mass is 9.32. The van der Waals surface area contributed by atoms with Crippen LogP contribution in [0.5, 0.6) is 0 Å². The summed E-state index contributed by atoms with van der Waals surface area (Å²) in [5.74, 6) is -1.31. The van der Waals surface area contributed by atoms with E-state index in [2.05, 4.69) is 40.7 Å². The Morgan fingerprint density at radius 2 is 1.34 bits per heavy atom. The Bertz CT molecular complexity index is 1860. The van der Waals surface area contributed by atoms with Crippen molar-refractivity contribution in [2.24, 2.45) is 56.7 Å². The van der Waals surface area contributed by atoms with Crippen molar-refractivity contribution in [3.63, 3.8) is 0 Å². The van der Waals surface area contributed by atoms with E-state index in [4.69, 9.17) is 28.4 Å². The average Bonchev–Trinajstić information content (AvgIpc) is 3.29. The number of hydrogen-bond acceptors (Lipinski definition) is 20. The summed E-state index contributed by atoms with van der Waals surface area (Å²) in [5, 5.41) is 142. The Morgan fingerprint density at radius 1 is 0.706 bits per heavy atom. The molecule has 3 heterocycles. The summed E-state index contributed by atoms with van der Waals surface area (Å²) in [6.07, 6.45) is -22.3. The Morgan fingerprint density at radius 3 is 2.00 bits per heavy atom. The van der Waals surface area contributed by atoms with Crippen molar-refractivity contribution in [3.8, 4) is 0 Å². The number of carbonyl (C=O) groups excluding carboxylic acids is 1. The molecule has 2 unspecified atom stereocenters. The fourth-order valence-corrected chi connectivity index (χ4v) is 15.4. The van der Waals surface area contributed by atoms with Crippen LogP contribution in [0.1, 0.15) is 93.4 Å². The van der Waals surface area contributed by atoms with E-state index in [0.29, 0.717) is 38.5 Å². The average molecular weight is 975 g/mol. The number of allylic oxidation sites excluding steroid dienone is 2. The maximum Gasteiger partial charge on any atom is 0.315 e. The molecule has 7 fully saturated rings. The van der Waals surface area contributed by atoms with Crippen LogP contribution in [0, 0.1) is 56.7 Å². The Balaban J connectivity index is 0.994. The third kappa shape index (κ3) is 7.89. The van der Waals surface area contributed by atoms with Gasteiger partial charge in [-0.25, -0.2) is 0 Å². The van der Waals surface area contributed by atoms with Crippen LogP contribution < -0.4 is 0 Å². The predicted molar refractivity (Wildman–Crippen MR) is 233 cm³/mol. The maximum absolute atomic E-state index is 15.0. The van der Waals surface area contributed by atoms with Gasteiger partial charge in [-0.2, -0.15) is 0 Å². The van der Waals surface area contributed by atoms with Crippen molar-refractivity contribution in [3.05, 3.63) is 11.6 Å². The Labute approximate surface area is 396 Å². The molecule has 390 valence electrons. The zero-order valence-corrected chi connectivity index (χ0v) is 40.1. The topological polar surface area (TPSA) is 335 Å². The highest BCUT2D eigenvalue weighted by Gasteiger charge is 2.73. The number of aliphatic hydroxyl groups is 13. The lowest BCUT2D eigenvalue weighted by Gasteiger charge is -2.72. The highest BCUT2D eigenvalue weighted by molar-refractivity contribution is 5.79. The van der Waals surface area contributed by atoms with Gasteiger partial charge in [0.15, 0.2) is 12.6 Å². The van der Waals surface area contributed by atoms with Gasteiger partial charge < -0.3 is 94.8 Å². The van der Waals surface area contributed by atoms with E-state index < -0.39 is 169 Å². The van der Waals surface area contributed by atoms with Crippen molar-refractivity contribution in [1.82, 2.24) is 0 Å². The van der Waals surface area contributed by atoms with Crippen LogP contribution in [0.25, 0.3) is 0 Å². The number of fused-ring (bicyclic) bond motifs is 7. The van der Waals surface area contributed by atoms with E-state index in [1.165, 1.54) is 6.92 Å². The number of hydrogen-bond donors (Lipinski definition) is 13. The zero-order valence-electron chi connectivity index (χ0n) is 40.1. The summed E-state index contributed by atoms with van der Waals surface area (Å²) in [7, 11) is 0. The molecule has 0 radical (unpaired) electrons. The minimum Gasteiger partial charge on any atom is -0.432 e. The summed E-state index contributed by atoms with van der Waals surface area (Å²) in [6.45, 7) is 12.1. The third-order valence-corrected chi connectivity index (χ3v) is 19.6. The first-order chi connectivity index (χ1) is 31.8. The molecule has 3 aliphatic heterocycles. The van der Waals surface area contributed by atoms with Crippen LogP contribution in [0.3, 0.4) is 0 Å². The lowest BCUT2D eigenvalue weighted by molar-refractivity contribution is -0.361. The van der Waals surface area contributed by atoms with Crippen LogP contribution in [-0.4, -0.2) is 203 Å². The molecule has 68 heavy (non-hydrogen) atoms. The highest BCUT2D eigenvalue weighted by Crippen LogP contribution is 2.76. The van der Waals surface area contributed by atoms with Crippen molar-refractivity contribution in [2.75, 3.05) is 19.8 Å². The minimum atomic E-state index is -1.89. The fourth-order valence-electron chi connectivity index (χ4n) is 15.4. The smallest absolute Gasteiger partial charge is 0.315 e. The summed E-state index contributed by atoms with van der Waals surface area (Å²) in [4.78, 5) is 15.0. The second kappa shape index (κ2) is 18.8. The molecule has 0 spiro atoms. The van der Waals surface area contributed by atoms with Gasteiger partial charge in [0, 0.05) is 11.3 Å². The standard InChI is InChI=1S/C48H78O20/c1-19-10-11-48(13-12-46(6)22(28(48)20(19)2)8-9-27-44(4)14-24(52)39(61)45(5,18-50)38(44)23(51)15-47(27,46)7)43(62)68-42-35(59)32(56)30(54)26(66-42)17-63-40-36(60)33(57)37(25(16-49)65-40)67-41-34(58)31(55)29(53)21(3)64-41/h8,19-21,23-42,49-61H,9-18H2,1-7H3/t19-,20+,21+,23-,24-,25-,26-,27-,28+,29+,30-,31-,32+,33?,34-,35-,36?,37-,38-,39+,40-,41+,42+,44-,45+,46-,47-,48+/m1/s1. The van der Waals surface area contributed by atoms with Crippen LogP contribution >= 0.6 is 0 Å². The number of ether oxygens (including phenoxy) is 6. The summed E-state index contributed by atoms with van der Waals surface area (Å²) in [5.41, 5.74) is -2.84. The molecule has 0 bridgehead atoms. The monoisotopic (exact) mass is 975 g/mol. The largest absolute Gasteiger partial charge is 0.432 e. The van der Waals surface area contributed by atoms with Gasteiger partial charge in [-0.1, -0.05) is 53.2 Å². The van der Waals surface area contributed by atoms with Gasteiger partial charge in [0.25, 0.3) is 0 Å². The van der Waals surface area contributed by atoms with Crippen molar-refractivity contribution in [2.45, 2.75) is 204 Å². The number of rotatable bonds is 9. The molecule has 0 aromatic rings. The second-order valence-corrected chi connectivity index (χ2v) is 23.1. The van der Waals surface area contributed by atoms with Gasteiger partial charge in [0.1, 0.15) is 67.1 Å². The second-order valence-electron chi connectivity index (χ2n) is 23.1. The molecule has 8 aliphatic rings. The first-order valence-corrected chi connectivity index (χ1v) is 24.6. The summed E-state index contributed by atoms with van der Waals surface area (Å²) < 4.78 is 34.6. The van der Waals surface area contributed by atoms with Gasteiger partial charge in [-0.05, 0) is 91.8 Å². The predicted octanol–water partition coefficient (Wildman–Crippen LogP) is -2.06. The van der Waals surface area contributed by atoms with Crippen molar-refractivity contribution >= 4 is 5.97 Å². The van der Waals surface area contributed by atoms with Crippen molar-refractivity contribution in [1.29, 1.82) is 0 Å². The van der Waals surface area contributed by atoms with Gasteiger partial charge in [-0.15, -0.1) is 0 Å². The van der Waals surface area contributed by atoms with E-state index in [1.54, 1.807) is 6.92 Å². The molecule has 13 N–H and O–H groups in total. The first kappa shape index (κ1) is 52.8. The Hall–Kier alpha value is -1.51. The van der Waals surface area contributed by atoms with E-state index >= 15 is 4.79 Å². The molecule has 20 heteroatoms. The number of aliphatic hydroxyl groups excluding tert-OH is 13. The molecule has 0 aromatic heterocycles. The van der Waals surface area contributed by atoms with Gasteiger partial charge in [-0.3, -0.25) is 4.79 Å². The molecule has 0 amide bonds. The maximum atomic E-state index is 15.0. The molecule has 28 atom stereocenters. The van der Waals surface area contributed by atoms with E-state index in [-0.39, 0.29) is 30.1 Å². The quantitative estimate of drug-likeness (QED) is 0.0873. The minimum absolute atomic E-state index is 0.0115. The molecule has 20 nitrogen and oxygen atoms in total. The van der Waals surface area contributed by atoms with E-state index in [1.807, 2.05) is 0 Å². The lowest BCUT2D eigenvalue weighted by Crippen LogP contribution is -2.71. The van der Waals surface area contributed by atoms with Gasteiger partial charge in [0.05, 0.1) is 49.7 Å². The molecular formula is C48H78O20. The molecular weight excluding hydrogens is 897 g/mol. The SMILES string of the molecule is C[C@H]1[C@H](C)CC[C@]2(C(=O)O[C@@H]3O[C@H](CO[C@@H]4O[C@H](CO)[C@@H](O[C@@H]5O[C@@H](C)[C@H](O)[C@@H](O)[C@H]5O)C(O)C4O)[C@@H](O)[C@H](O)[C@H]3O)CC[C@]3(C)C(=CC[C@@H]4[C@@]5(C)C[C@@H](O)[C@H](O)[C@@](C)(CO)[C@@H]5[C@H](O)C[C@]43C)[C@H]12. The fraction of sp³-hybridized carbons (Fsp3) is 0.938. The molecule has 8 rings (SSSR count).